The SMILES string of the molecule is Nc1ccc2c(COC(=O)C3(c4cccc(C(F)(F)F)c4)CCOCC3)cc(=O)[nH]c2n1. The molecule has 1 aromatic carbocycles. The minimum atomic E-state index is -4.54. The van der Waals surface area contributed by atoms with Crippen LogP contribution < -0.4 is 11.3 Å². The van der Waals surface area contributed by atoms with E-state index in [0.29, 0.717) is 10.9 Å². The summed E-state index contributed by atoms with van der Waals surface area (Å²) >= 11 is 0. The highest BCUT2D eigenvalue weighted by Crippen LogP contribution is 2.39. The van der Waals surface area contributed by atoms with Crippen LogP contribution in [0.25, 0.3) is 11.0 Å². The van der Waals surface area contributed by atoms with E-state index in [1.165, 1.54) is 18.2 Å². The van der Waals surface area contributed by atoms with Crippen molar-refractivity contribution >= 4 is 22.8 Å². The molecule has 1 aliphatic rings. The molecular weight excluding hydrogens is 427 g/mol. The zero-order chi connectivity index (χ0) is 22.9. The smallest absolute Gasteiger partial charge is 0.416 e. The molecule has 7 nitrogen and oxygen atoms in total. The fourth-order valence-corrected chi connectivity index (χ4v) is 3.94. The van der Waals surface area contributed by atoms with Crippen LogP contribution in [0.1, 0.15) is 29.5 Å². The van der Waals surface area contributed by atoms with E-state index in [0.717, 1.165) is 12.1 Å². The number of nitrogen functional groups attached to an aromatic ring is 1. The van der Waals surface area contributed by atoms with Crippen LogP contribution in [0.2, 0.25) is 0 Å². The van der Waals surface area contributed by atoms with E-state index in [4.69, 9.17) is 15.2 Å². The van der Waals surface area contributed by atoms with Gasteiger partial charge in [0.2, 0.25) is 5.56 Å². The number of ether oxygens (including phenoxy) is 2. The van der Waals surface area contributed by atoms with Gasteiger partial charge in [0.15, 0.2) is 0 Å². The maximum absolute atomic E-state index is 13.3. The Bertz CT molecular complexity index is 1220. The molecule has 1 aliphatic heterocycles. The predicted molar refractivity (Wildman–Crippen MR) is 110 cm³/mol. The number of halogens is 3. The highest BCUT2D eigenvalue weighted by atomic mass is 19.4. The monoisotopic (exact) mass is 447 g/mol. The van der Waals surface area contributed by atoms with Gasteiger partial charge in [0.05, 0.1) is 11.0 Å². The van der Waals surface area contributed by atoms with E-state index in [2.05, 4.69) is 9.97 Å². The third-order valence-corrected chi connectivity index (χ3v) is 5.65. The Labute approximate surface area is 180 Å². The lowest BCUT2D eigenvalue weighted by molar-refractivity contribution is -0.156. The van der Waals surface area contributed by atoms with Crippen molar-refractivity contribution in [2.45, 2.75) is 31.0 Å². The van der Waals surface area contributed by atoms with Gasteiger partial charge < -0.3 is 20.2 Å². The zero-order valence-corrected chi connectivity index (χ0v) is 16.9. The van der Waals surface area contributed by atoms with Gasteiger partial charge in [-0.25, -0.2) is 4.98 Å². The maximum atomic E-state index is 13.3. The second-order valence-corrected chi connectivity index (χ2v) is 7.64. The van der Waals surface area contributed by atoms with Gasteiger partial charge in [0.1, 0.15) is 18.1 Å². The van der Waals surface area contributed by atoms with Crippen LogP contribution in [0.3, 0.4) is 0 Å². The van der Waals surface area contributed by atoms with Gasteiger partial charge in [-0.2, -0.15) is 13.2 Å². The van der Waals surface area contributed by atoms with Crippen LogP contribution in [0, 0.1) is 0 Å². The quantitative estimate of drug-likeness (QED) is 0.595. The summed E-state index contributed by atoms with van der Waals surface area (Å²) < 4.78 is 50.7. The first kappa shape index (κ1) is 21.8. The van der Waals surface area contributed by atoms with Crippen LogP contribution in [-0.2, 0) is 32.5 Å². The number of hydrogen-bond donors (Lipinski definition) is 2. The number of benzene rings is 1. The number of hydrogen-bond acceptors (Lipinski definition) is 6. The first-order valence-corrected chi connectivity index (χ1v) is 9.90. The first-order valence-electron chi connectivity index (χ1n) is 9.90. The van der Waals surface area contributed by atoms with E-state index in [1.54, 1.807) is 12.1 Å². The van der Waals surface area contributed by atoms with Crippen molar-refractivity contribution in [2.24, 2.45) is 0 Å². The normalized spacial score (nSPS) is 16.1. The molecule has 4 rings (SSSR count). The van der Waals surface area contributed by atoms with Crippen LogP contribution >= 0.6 is 0 Å². The van der Waals surface area contributed by atoms with E-state index < -0.39 is 28.7 Å². The summed E-state index contributed by atoms with van der Waals surface area (Å²) in [6.07, 6.45) is -4.17. The number of nitrogens with two attached hydrogens (primary N) is 1. The Morgan fingerprint density at radius 3 is 2.66 bits per heavy atom. The van der Waals surface area contributed by atoms with E-state index >= 15 is 0 Å². The molecule has 1 fully saturated rings. The van der Waals surface area contributed by atoms with Crippen molar-refractivity contribution < 1.29 is 27.4 Å². The number of alkyl halides is 3. The highest BCUT2D eigenvalue weighted by Gasteiger charge is 2.44. The number of rotatable bonds is 4. The molecule has 0 aliphatic carbocycles. The Kier molecular flexibility index (Phi) is 5.64. The van der Waals surface area contributed by atoms with Gasteiger partial charge in [0.25, 0.3) is 0 Å². The number of pyridine rings is 2. The van der Waals surface area contributed by atoms with E-state index in [-0.39, 0.29) is 49.7 Å². The number of esters is 1. The van der Waals surface area contributed by atoms with E-state index in [1.807, 2.05) is 0 Å². The predicted octanol–water partition coefficient (Wildman–Crippen LogP) is 3.32. The Morgan fingerprint density at radius 2 is 1.94 bits per heavy atom. The number of aromatic amines is 1. The second-order valence-electron chi connectivity index (χ2n) is 7.64. The molecule has 32 heavy (non-hydrogen) atoms. The molecule has 0 atom stereocenters. The van der Waals surface area contributed by atoms with Gasteiger partial charge in [-0.15, -0.1) is 0 Å². The molecule has 0 unspecified atom stereocenters. The lowest BCUT2D eigenvalue weighted by Crippen LogP contribution is -2.42. The first-order chi connectivity index (χ1) is 15.2. The minimum Gasteiger partial charge on any atom is -0.460 e. The molecule has 0 amide bonds. The van der Waals surface area contributed by atoms with Crippen LogP contribution in [0.5, 0.6) is 0 Å². The number of anilines is 1. The molecule has 3 aromatic rings. The number of H-pyrrole nitrogens is 1. The summed E-state index contributed by atoms with van der Waals surface area (Å²) in [5.74, 6) is -0.454. The number of carbonyl (C=O) groups excluding carboxylic acids is 1. The summed E-state index contributed by atoms with van der Waals surface area (Å²) in [7, 11) is 0. The van der Waals surface area contributed by atoms with Crippen LogP contribution in [0.4, 0.5) is 19.0 Å². The number of carbonyl (C=O) groups is 1. The standard InChI is InChI=1S/C22H20F3N3O4/c23-22(24,25)15-3-1-2-14(11-15)21(6-8-31-9-7-21)20(30)32-12-13-10-18(29)28-19-16(13)4-5-17(26)27-19/h1-5,10-11H,6-9,12H2,(H3,26,27,28,29). The lowest BCUT2D eigenvalue weighted by Gasteiger charge is -2.35. The Morgan fingerprint density at radius 1 is 1.19 bits per heavy atom. The van der Waals surface area contributed by atoms with Crippen molar-refractivity contribution in [3.8, 4) is 0 Å². The van der Waals surface area contributed by atoms with Gasteiger partial charge in [-0.1, -0.05) is 18.2 Å². The van der Waals surface area contributed by atoms with Gasteiger partial charge in [-0.3, -0.25) is 9.59 Å². The van der Waals surface area contributed by atoms with Gasteiger partial charge in [-0.05, 0) is 36.6 Å². The van der Waals surface area contributed by atoms with Crippen molar-refractivity contribution in [3.05, 3.63) is 69.5 Å². The summed E-state index contributed by atoms with van der Waals surface area (Å²) in [5.41, 5.74) is 3.99. The third kappa shape index (κ3) is 4.18. The highest BCUT2D eigenvalue weighted by molar-refractivity contribution is 5.84. The molecule has 1 saturated heterocycles. The third-order valence-electron chi connectivity index (χ3n) is 5.65. The Hall–Kier alpha value is -3.40. The molecule has 0 radical (unpaired) electrons. The second kappa shape index (κ2) is 8.27. The largest absolute Gasteiger partial charge is 0.460 e. The summed E-state index contributed by atoms with van der Waals surface area (Å²) in [4.78, 5) is 31.9. The molecule has 3 heterocycles. The van der Waals surface area contributed by atoms with Gasteiger partial charge in [0, 0.05) is 30.2 Å². The number of nitrogens with one attached hydrogen (secondary N) is 1. The summed E-state index contributed by atoms with van der Waals surface area (Å²) in [6, 6.07) is 9.21. The zero-order valence-electron chi connectivity index (χ0n) is 16.9. The van der Waals surface area contributed by atoms with Crippen molar-refractivity contribution in [1.29, 1.82) is 0 Å². The van der Waals surface area contributed by atoms with Crippen molar-refractivity contribution in [2.75, 3.05) is 18.9 Å². The maximum Gasteiger partial charge on any atom is 0.416 e. The molecule has 3 N–H and O–H groups in total. The van der Waals surface area contributed by atoms with Crippen LogP contribution in [-0.4, -0.2) is 29.2 Å². The average Bonchev–Trinajstić information content (AvgIpc) is 2.76. The fraction of sp³-hybridized carbons (Fsp3) is 0.318. The fourth-order valence-electron chi connectivity index (χ4n) is 3.94. The van der Waals surface area contributed by atoms with E-state index in [9.17, 15) is 22.8 Å². The average molecular weight is 447 g/mol. The van der Waals surface area contributed by atoms with Crippen molar-refractivity contribution in [1.82, 2.24) is 9.97 Å². The summed E-state index contributed by atoms with van der Waals surface area (Å²) in [6.45, 7) is 0.178. The molecule has 168 valence electrons. The van der Waals surface area contributed by atoms with Crippen LogP contribution in [0.15, 0.2) is 47.3 Å². The molecule has 0 spiro atoms. The van der Waals surface area contributed by atoms with Gasteiger partial charge >= 0.3 is 12.1 Å². The number of aromatic nitrogens is 2. The number of nitrogens with zero attached hydrogens (tertiary/aromatic N) is 1. The molecule has 2 aromatic heterocycles. The molecule has 10 heteroatoms. The molecule has 0 bridgehead atoms. The summed E-state index contributed by atoms with van der Waals surface area (Å²) in [5, 5.41) is 0.548. The topological polar surface area (TPSA) is 107 Å². The minimum absolute atomic E-state index is 0.182. The lowest BCUT2D eigenvalue weighted by atomic mass is 9.73. The molecular formula is C22H20F3N3O4. The number of fused-ring (bicyclic) bond motifs is 1. The Balaban J connectivity index is 1.66. The van der Waals surface area contributed by atoms with Crippen molar-refractivity contribution in [3.63, 3.8) is 0 Å². The molecule has 0 saturated carbocycles.